The molecule has 2 aromatic heterocycles. The summed E-state index contributed by atoms with van der Waals surface area (Å²) in [6.45, 7) is 0. The fourth-order valence-electron chi connectivity index (χ4n) is 3.16. The summed E-state index contributed by atoms with van der Waals surface area (Å²) in [4.78, 5) is 0. The normalized spacial score (nSPS) is 15.6. The van der Waals surface area contributed by atoms with Gasteiger partial charge in [-0.1, -0.05) is 84.2 Å². The molecule has 2 aromatic carbocycles. The van der Waals surface area contributed by atoms with Crippen molar-refractivity contribution in [1.29, 1.82) is 0 Å². The monoisotopic (exact) mass is 407 g/mol. The summed E-state index contributed by atoms with van der Waals surface area (Å²) < 4.78 is 8.06. The Morgan fingerprint density at radius 2 is 1.75 bits per heavy atom. The fraction of sp³-hybridized carbons (Fsp3) is 0.200. The fourth-order valence-corrected chi connectivity index (χ4v) is 5.25. The summed E-state index contributed by atoms with van der Waals surface area (Å²) >= 11 is 3.33. The van der Waals surface area contributed by atoms with E-state index < -0.39 is 0 Å². The molecule has 0 saturated carbocycles. The van der Waals surface area contributed by atoms with E-state index in [0.717, 1.165) is 33.6 Å². The van der Waals surface area contributed by atoms with Crippen molar-refractivity contribution in [2.24, 2.45) is 0 Å². The summed E-state index contributed by atoms with van der Waals surface area (Å²) in [5, 5.41) is 18.7. The Labute approximate surface area is 170 Å². The second-order valence-electron chi connectivity index (χ2n) is 6.44. The van der Waals surface area contributed by atoms with Gasteiger partial charge in [-0.3, -0.25) is 4.57 Å². The standard InChI is InChI=1S/C20H17N5OS2/c1-3-7-14(8-4-1)11-17-21-24-20(26-17)28-13-16-12-27-19-23-22-18(25(16)19)15-9-5-2-6-10-15/h1-10,16H,11-13H2/t16-/m0/s1. The van der Waals surface area contributed by atoms with Gasteiger partial charge in [0.05, 0.1) is 12.5 Å². The molecule has 0 bridgehead atoms. The second kappa shape index (κ2) is 7.81. The quantitative estimate of drug-likeness (QED) is 0.440. The Kier molecular flexibility index (Phi) is 4.88. The van der Waals surface area contributed by atoms with Crippen LogP contribution in [0.1, 0.15) is 17.5 Å². The van der Waals surface area contributed by atoms with Gasteiger partial charge in [0.2, 0.25) is 5.89 Å². The summed E-state index contributed by atoms with van der Waals surface area (Å²) in [5.41, 5.74) is 2.25. The maximum atomic E-state index is 5.83. The molecule has 0 unspecified atom stereocenters. The van der Waals surface area contributed by atoms with Crippen LogP contribution in [0.2, 0.25) is 0 Å². The SMILES string of the molecule is c1ccc(Cc2nnc(SC[C@@H]3CSc4nnc(-c5ccccc5)n43)o2)cc1. The summed E-state index contributed by atoms with van der Waals surface area (Å²) in [6, 6.07) is 20.6. The van der Waals surface area contributed by atoms with E-state index >= 15 is 0 Å². The minimum atomic E-state index is 0.291. The van der Waals surface area contributed by atoms with E-state index in [1.165, 1.54) is 0 Å². The molecule has 0 spiro atoms. The van der Waals surface area contributed by atoms with E-state index in [9.17, 15) is 0 Å². The first-order valence-electron chi connectivity index (χ1n) is 8.99. The third kappa shape index (κ3) is 3.57. The molecule has 1 aliphatic rings. The lowest BCUT2D eigenvalue weighted by Gasteiger charge is -2.13. The van der Waals surface area contributed by atoms with Crippen LogP contribution in [0.5, 0.6) is 0 Å². The molecule has 3 heterocycles. The van der Waals surface area contributed by atoms with Gasteiger partial charge < -0.3 is 4.42 Å². The molecule has 0 amide bonds. The number of aromatic nitrogens is 5. The van der Waals surface area contributed by atoms with E-state index in [1.54, 1.807) is 23.5 Å². The smallest absolute Gasteiger partial charge is 0.276 e. The number of hydrogen-bond acceptors (Lipinski definition) is 7. The lowest BCUT2D eigenvalue weighted by atomic mass is 10.2. The van der Waals surface area contributed by atoms with Crippen LogP contribution in [0.15, 0.2) is 75.5 Å². The predicted octanol–water partition coefficient (Wildman–Crippen LogP) is 4.36. The van der Waals surface area contributed by atoms with Gasteiger partial charge in [-0.15, -0.1) is 20.4 Å². The van der Waals surface area contributed by atoms with Crippen LogP contribution in [-0.4, -0.2) is 36.5 Å². The third-order valence-corrected chi connectivity index (χ3v) is 6.56. The first-order valence-corrected chi connectivity index (χ1v) is 11.0. The van der Waals surface area contributed by atoms with Crippen LogP contribution in [0, 0.1) is 0 Å². The van der Waals surface area contributed by atoms with E-state index in [0.29, 0.717) is 23.6 Å². The Bertz CT molecular complexity index is 1060. The molecule has 5 rings (SSSR count). The molecule has 28 heavy (non-hydrogen) atoms. The number of thioether (sulfide) groups is 2. The van der Waals surface area contributed by atoms with Gasteiger partial charge in [-0.05, 0) is 5.56 Å². The minimum absolute atomic E-state index is 0.291. The molecular weight excluding hydrogens is 390 g/mol. The average molecular weight is 408 g/mol. The first-order chi connectivity index (χ1) is 13.9. The minimum Gasteiger partial charge on any atom is -0.416 e. The van der Waals surface area contributed by atoms with E-state index in [2.05, 4.69) is 49.2 Å². The zero-order valence-electron chi connectivity index (χ0n) is 14.9. The second-order valence-corrected chi connectivity index (χ2v) is 8.40. The molecule has 0 aliphatic carbocycles. The highest BCUT2D eigenvalue weighted by Gasteiger charge is 2.29. The van der Waals surface area contributed by atoms with Gasteiger partial charge in [0.15, 0.2) is 11.0 Å². The highest BCUT2D eigenvalue weighted by atomic mass is 32.2. The molecule has 0 N–H and O–H groups in total. The summed E-state index contributed by atoms with van der Waals surface area (Å²) in [6.07, 6.45) is 0.654. The summed E-state index contributed by atoms with van der Waals surface area (Å²) in [7, 11) is 0. The molecule has 4 aromatic rings. The Morgan fingerprint density at radius 3 is 2.57 bits per heavy atom. The van der Waals surface area contributed by atoms with Crippen molar-refractivity contribution in [1.82, 2.24) is 25.0 Å². The van der Waals surface area contributed by atoms with Crippen molar-refractivity contribution in [3.8, 4) is 11.4 Å². The molecule has 1 atom stereocenters. The third-order valence-electron chi connectivity index (χ3n) is 4.51. The largest absolute Gasteiger partial charge is 0.416 e. The molecule has 6 nitrogen and oxygen atoms in total. The maximum Gasteiger partial charge on any atom is 0.276 e. The van der Waals surface area contributed by atoms with Crippen molar-refractivity contribution in [2.45, 2.75) is 22.8 Å². The highest BCUT2D eigenvalue weighted by molar-refractivity contribution is 8.00. The van der Waals surface area contributed by atoms with Crippen LogP contribution in [0.25, 0.3) is 11.4 Å². The molecular formula is C20H17N5OS2. The van der Waals surface area contributed by atoms with Gasteiger partial charge >= 0.3 is 0 Å². The topological polar surface area (TPSA) is 69.6 Å². The van der Waals surface area contributed by atoms with Gasteiger partial charge in [0.25, 0.3) is 5.22 Å². The van der Waals surface area contributed by atoms with Crippen LogP contribution in [0.3, 0.4) is 0 Å². The molecule has 0 radical (unpaired) electrons. The number of fused-ring (bicyclic) bond motifs is 1. The van der Waals surface area contributed by atoms with E-state index in [-0.39, 0.29) is 0 Å². The number of rotatable bonds is 6. The molecule has 1 aliphatic heterocycles. The van der Waals surface area contributed by atoms with E-state index in [4.69, 9.17) is 4.42 Å². The van der Waals surface area contributed by atoms with Crippen molar-refractivity contribution in [3.63, 3.8) is 0 Å². The average Bonchev–Trinajstić information content (AvgIpc) is 3.45. The van der Waals surface area contributed by atoms with Crippen LogP contribution < -0.4 is 0 Å². The van der Waals surface area contributed by atoms with E-state index in [1.807, 2.05) is 36.4 Å². The predicted molar refractivity (Wildman–Crippen MR) is 109 cm³/mol. The maximum absolute atomic E-state index is 5.83. The number of hydrogen-bond donors (Lipinski definition) is 0. The van der Waals surface area contributed by atoms with Crippen LogP contribution >= 0.6 is 23.5 Å². The van der Waals surface area contributed by atoms with Crippen LogP contribution in [-0.2, 0) is 6.42 Å². The highest BCUT2D eigenvalue weighted by Crippen LogP contribution is 2.38. The molecule has 0 fully saturated rings. The lowest BCUT2D eigenvalue weighted by Crippen LogP contribution is -2.11. The lowest BCUT2D eigenvalue weighted by molar-refractivity contribution is 0.419. The number of nitrogens with zero attached hydrogens (tertiary/aromatic N) is 5. The van der Waals surface area contributed by atoms with Crippen molar-refractivity contribution >= 4 is 23.5 Å². The Hall–Kier alpha value is -2.58. The first kappa shape index (κ1) is 17.5. The van der Waals surface area contributed by atoms with Crippen molar-refractivity contribution < 1.29 is 4.42 Å². The van der Waals surface area contributed by atoms with Gasteiger partial charge in [0, 0.05) is 17.1 Å². The zero-order chi connectivity index (χ0) is 18.8. The van der Waals surface area contributed by atoms with Crippen molar-refractivity contribution in [3.05, 3.63) is 72.1 Å². The number of benzene rings is 2. The Morgan fingerprint density at radius 1 is 0.964 bits per heavy atom. The van der Waals surface area contributed by atoms with Crippen LogP contribution in [0.4, 0.5) is 0 Å². The van der Waals surface area contributed by atoms with Gasteiger partial charge in [-0.25, -0.2) is 0 Å². The Balaban J connectivity index is 1.28. The van der Waals surface area contributed by atoms with Gasteiger partial charge in [-0.2, -0.15) is 0 Å². The molecule has 0 saturated heterocycles. The zero-order valence-corrected chi connectivity index (χ0v) is 16.6. The summed E-state index contributed by atoms with van der Waals surface area (Å²) in [5.74, 6) is 3.37. The molecule has 8 heteroatoms. The van der Waals surface area contributed by atoms with Gasteiger partial charge in [0.1, 0.15) is 0 Å². The molecule has 140 valence electrons. The van der Waals surface area contributed by atoms with Crippen molar-refractivity contribution in [2.75, 3.05) is 11.5 Å².